The molecule has 2 atom stereocenters. The highest BCUT2D eigenvalue weighted by Crippen LogP contribution is 2.31. The van der Waals surface area contributed by atoms with Crippen LogP contribution in [0.1, 0.15) is 25.7 Å². The van der Waals surface area contributed by atoms with E-state index in [1.54, 1.807) is 32.4 Å². The van der Waals surface area contributed by atoms with Gasteiger partial charge in [0.1, 0.15) is 11.5 Å². The predicted molar refractivity (Wildman–Crippen MR) is 132 cm³/mol. The number of ether oxygens (including phenoxy) is 2. The fraction of sp³-hybridized carbons (Fsp3) is 0.348. The van der Waals surface area contributed by atoms with Gasteiger partial charge in [-0.2, -0.15) is 0 Å². The summed E-state index contributed by atoms with van der Waals surface area (Å²) in [5.74, 6) is 1.78. The van der Waals surface area contributed by atoms with E-state index in [0.29, 0.717) is 27.4 Å². The number of hydrogen-bond acceptors (Lipinski definition) is 7. The maximum Gasteiger partial charge on any atom is 0.237 e. The second-order valence-electron chi connectivity index (χ2n) is 7.64. The molecule has 1 heterocycles. The maximum atomic E-state index is 13.0. The predicted octanol–water partition coefficient (Wildman–Crippen LogP) is 4.68. The van der Waals surface area contributed by atoms with Crippen molar-refractivity contribution < 1.29 is 14.3 Å². The number of aromatic nitrogens is 3. The number of nitrogens with one attached hydrogen (secondary N) is 1. The summed E-state index contributed by atoms with van der Waals surface area (Å²) in [6, 6.07) is 12.7. The number of halogens is 1. The van der Waals surface area contributed by atoms with Crippen LogP contribution in [-0.2, 0) is 4.79 Å². The molecule has 0 bridgehead atoms. The number of benzene rings is 2. The highest BCUT2D eigenvalue weighted by atomic mass is 35.5. The zero-order chi connectivity index (χ0) is 24.1. The zero-order valence-electron chi connectivity index (χ0n) is 19.5. The van der Waals surface area contributed by atoms with E-state index in [1.807, 2.05) is 49.9 Å². The zero-order valence-corrected chi connectivity index (χ0v) is 21.1. The molecule has 10 heteroatoms. The summed E-state index contributed by atoms with van der Waals surface area (Å²) in [6.07, 6.45) is 0. The van der Waals surface area contributed by atoms with Crippen LogP contribution in [0.4, 0.5) is 5.69 Å². The molecule has 33 heavy (non-hydrogen) atoms. The van der Waals surface area contributed by atoms with Gasteiger partial charge in [0.05, 0.1) is 25.5 Å². The van der Waals surface area contributed by atoms with Crippen molar-refractivity contribution in [2.75, 3.05) is 33.6 Å². The molecule has 176 valence electrons. The number of amides is 1. The van der Waals surface area contributed by atoms with Gasteiger partial charge in [0.2, 0.25) is 5.91 Å². The Bertz CT molecular complexity index is 1080. The second kappa shape index (κ2) is 10.9. The lowest BCUT2D eigenvalue weighted by molar-refractivity contribution is -0.115. The molecule has 1 aromatic heterocycles. The van der Waals surface area contributed by atoms with Gasteiger partial charge in [0.25, 0.3) is 0 Å². The Morgan fingerprint density at radius 2 is 1.67 bits per heavy atom. The Balaban J connectivity index is 1.86. The molecule has 0 spiro atoms. The monoisotopic (exact) mass is 489 g/mol. The smallest absolute Gasteiger partial charge is 0.237 e. The Morgan fingerprint density at radius 3 is 2.21 bits per heavy atom. The summed E-state index contributed by atoms with van der Waals surface area (Å²) in [7, 11) is 7.09. The molecule has 0 saturated carbocycles. The number of carbonyl (C=O) groups is 1. The van der Waals surface area contributed by atoms with E-state index in [1.165, 1.54) is 11.8 Å². The van der Waals surface area contributed by atoms with Crippen LogP contribution in [-0.4, -0.2) is 59.1 Å². The average molecular weight is 490 g/mol. The van der Waals surface area contributed by atoms with E-state index in [-0.39, 0.29) is 11.9 Å². The van der Waals surface area contributed by atoms with Crippen molar-refractivity contribution >= 4 is 35.0 Å². The van der Waals surface area contributed by atoms with Crippen LogP contribution in [0.5, 0.6) is 11.5 Å². The van der Waals surface area contributed by atoms with Crippen molar-refractivity contribution in [3.63, 3.8) is 0 Å². The van der Waals surface area contributed by atoms with Gasteiger partial charge in [-0.3, -0.25) is 14.3 Å². The van der Waals surface area contributed by atoms with Crippen LogP contribution in [0.3, 0.4) is 0 Å². The van der Waals surface area contributed by atoms with Gasteiger partial charge in [-0.1, -0.05) is 23.4 Å². The van der Waals surface area contributed by atoms with Crippen LogP contribution in [0, 0.1) is 0 Å². The molecule has 8 nitrogen and oxygen atoms in total. The molecule has 0 fully saturated rings. The van der Waals surface area contributed by atoms with Gasteiger partial charge < -0.3 is 14.8 Å². The summed E-state index contributed by atoms with van der Waals surface area (Å²) in [5.41, 5.74) is 1.46. The van der Waals surface area contributed by atoms with Gasteiger partial charge in [-0.05, 0) is 52.2 Å². The summed E-state index contributed by atoms with van der Waals surface area (Å²) in [6.45, 7) is 3.88. The molecule has 2 aromatic carbocycles. The molecule has 0 unspecified atom stereocenters. The number of carbonyl (C=O) groups excluding carboxylic acids is 1. The molecule has 3 rings (SSSR count). The second-order valence-corrected chi connectivity index (χ2v) is 9.39. The minimum absolute atomic E-state index is 0.0101. The third-order valence-electron chi connectivity index (χ3n) is 5.16. The number of thioether (sulfide) groups is 1. The van der Waals surface area contributed by atoms with Crippen molar-refractivity contribution in [3.8, 4) is 17.2 Å². The molecular weight excluding hydrogens is 462 g/mol. The maximum absolute atomic E-state index is 13.0. The van der Waals surface area contributed by atoms with E-state index in [2.05, 4.69) is 27.3 Å². The van der Waals surface area contributed by atoms with Gasteiger partial charge >= 0.3 is 0 Å². The van der Waals surface area contributed by atoms with Gasteiger partial charge in [-0.15, -0.1) is 10.2 Å². The molecule has 1 amide bonds. The molecule has 0 aliphatic carbocycles. The van der Waals surface area contributed by atoms with Crippen LogP contribution in [0.15, 0.2) is 47.6 Å². The third-order valence-corrected chi connectivity index (χ3v) is 6.46. The fourth-order valence-electron chi connectivity index (χ4n) is 3.03. The van der Waals surface area contributed by atoms with E-state index < -0.39 is 5.25 Å². The Morgan fingerprint density at radius 1 is 1.06 bits per heavy atom. The molecule has 0 aliphatic heterocycles. The van der Waals surface area contributed by atoms with E-state index >= 15 is 0 Å². The number of anilines is 1. The first-order valence-electron chi connectivity index (χ1n) is 10.3. The number of hydrogen-bond donors (Lipinski definition) is 1. The van der Waals surface area contributed by atoms with Crippen molar-refractivity contribution in [1.29, 1.82) is 0 Å². The largest absolute Gasteiger partial charge is 0.497 e. The number of nitrogens with zero attached hydrogens (tertiary/aromatic N) is 4. The third kappa shape index (κ3) is 5.98. The van der Waals surface area contributed by atoms with Crippen molar-refractivity contribution in [2.45, 2.75) is 30.3 Å². The lowest BCUT2D eigenvalue weighted by Gasteiger charge is -2.21. The van der Waals surface area contributed by atoms with E-state index in [0.717, 1.165) is 11.5 Å². The topological polar surface area (TPSA) is 81.5 Å². The first-order valence-corrected chi connectivity index (χ1v) is 11.6. The van der Waals surface area contributed by atoms with Crippen molar-refractivity contribution in [1.82, 2.24) is 19.7 Å². The van der Waals surface area contributed by atoms with Crippen molar-refractivity contribution in [2.24, 2.45) is 0 Å². The quantitative estimate of drug-likeness (QED) is 0.437. The fourth-order valence-corrected chi connectivity index (χ4v) is 4.03. The molecule has 0 radical (unpaired) electrons. The molecule has 0 saturated heterocycles. The van der Waals surface area contributed by atoms with Crippen LogP contribution >= 0.6 is 23.4 Å². The van der Waals surface area contributed by atoms with Crippen LogP contribution < -0.4 is 14.8 Å². The van der Waals surface area contributed by atoms with Gasteiger partial charge in [0.15, 0.2) is 11.0 Å². The van der Waals surface area contributed by atoms with Crippen molar-refractivity contribution in [3.05, 3.63) is 53.3 Å². The summed E-state index contributed by atoms with van der Waals surface area (Å²) < 4.78 is 12.5. The normalized spacial score (nSPS) is 13.0. The lowest BCUT2D eigenvalue weighted by atomic mass is 10.2. The first-order chi connectivity index (χ1) is 15.7. The SMILES string of the molecule is COc1cc(NC(=O)[C@@H](C)Sc2nnc([C@H](C)N(C)C)n2-c2ccc(Cl)cc2)cc(OC)c1. The van der Waals surface area contributed by atoms with E-state index in [4.69, 9.17) is 21.1 Å². The molecular formula is C23H28ClN5O3S. The first kappa shape index (κ1) is 24.9. The highest BCUT2D eigenvalue weighted by Gasteiger charge is 2.24. The number of methoxy groups -OCH3 is 2. The standard InChI is InChI=1S/C23H28ClN5O3S/c1-14(28(3)4)21-26-27-23(29(21)18-9-7-16(24)8-10-18)33-15(2)22(30)25-17-11-19(31-5)13-20(12-17)32-6/h7-15H,1-6H3,(H,25,30)/t14-,15+/m0/s1. The van der Waals surface area contributed by atoms with Gasteiger partial charge in [-0.25, -0.2) is 0 Å². The highest BCUT2D eigenvalue weighted by molar-refractivity contribution is 8.00. The minimum Gasteiger partial charge on any atom is -0.497 e. The molecule has 3 aromatic rings. The Hall–Kier alpha value is -2.75. The van der Waals surface area contributed by atoms with Crippen LogP contribution in [0.2, 0.25) is 5.02 Å². The van der Waals surface area contributed by atoms with E-state index in [9.17, 15) is 4.79 Å². The molecule has 0 aliphatic rings. The average Bonchev–Trinajstić information content (AvgIpc) is 3.21. The van der Waals surface area contributed by atoms with Crippen LogP contribution in [0.25, 0.3) is 5.69 Å². The summed E-state index contributed by atoms with van der Waals surface area (Å²) in [4.78, 5) is 15.0. The number of rotatable bonds is 9. The molecule has 1 N–H and O–H groups in total. The van der Waals surface area contributed by atoms with Gasteiger partial charge in [0, 0.05) is 34.6 Å². The Labute approximate surface area is 203 Å². The Kier molecular flexibility index (Phi) is 8.23. The minimum atomic E-state index is -0.444. The summed E-state index contributed by atoms with van der Waals surface area (Å²) >= 11 is 7.42. The lowest BCUT2D eigenvalue weighted by Crippen LogP contribution is -2.23. The summed E-state index contributed by atoms with van der Waals surface area (Å²) in [5, 5.41) is 12.6.